The van der Waals surface area contributed by atoms with Crippen molar-refractivity contribution < 1.29 is 47.4 Å². The molecule has 1 heterocycles. The van der Waals surface area contributed by atoms with Crippen LogP contribution in [0.15, 0.2) is 0 Å². The van der Waals surface area contributed by atoms with Gasteiger partial charge in [-0.2, -0.15) is 0 Å². The maximum absolute atomic E-state index is 11.5. The Morgan fingerprint density at radius 2 is 1.94 bits per heavy atom. The maximum Gasteiger partial charge on any atom is 0.241 e. The number of hydrogen-bond donors (Lipinski definition) is 2. The van der Waals surface area contributed by atoms with Crippen LogP contribution in [0.3, 0.4) is 0 Å². The first kappa shape index (κ1) is 16.0. The van der Waals surface area contributed by atoms with Gasteiger partial charge in [0.1, 0.15) is 6.04 Å². The third-order valence-corrected chi connectivity index (χ3v) is 2.69. The third-order valence-electron chi connectivity index (χ3n) is 2.69. The number of nitrogens with two attached hydrogens (primary N) is 1. The smallest absolute Gasteiger partial charge is 0.241 e. The molecule has 7 heteroatoms. The van der Waals surface area contributed by atoms with Crippen molar-refractivity contribution in [3.8, 4) is 0 Å². The Morgan fingerprint density at radius 3 is 2.31 bits per heavy atom. The molecule has 0 spiro atoms. The molecule has 1 aliphatic rings. The molecule has 0 bridgehead atoms. The Morgan fingerprint density at radius 1 is 1.44 bits per heavy atom. The summed E-state index contributed by atoms with van der Waals surface area (Å²) in [6.07, 6.45) is 1.04. The summed E-state index contributed by atoms with van der Waals surface area (Å²) in [4.78, 5) is 23.8. The van der Waals surface area contributed by atoms with Crippen LogP contribution in [0.5, 0.6) is 0 Å². The number of amides is 2. The fourth-order valence-corrected chi connectivity index (χ4v) is 1.67. The van der Waals surface area contributed by atoms with E-state index >= 15 is 0 Å². The van der Waals surface area contributed by atoms with Crippen molar-refractivity contribution in [2.45, 2.75) is 18.9 Å². The molecule has 6 nitrogen and oxygen atoms in total. The second kappa shape index (κ2) is 7.32. The van der Waals surface area contributed by atoms with Gasteiger partial charge in [0.25, 0.3) is 0 Å². The predicted molar refractivity (Wildman–Crippen MR) is 53.7 cm³/mol. The molecule has 4 N–H and O–H groups in total. The molecule has 1 atom stereocenters. The molecule has 0 aliphatic carbocycles. The molecule has 1 fully saturated rings. The topological polar surface area (TPSA) is 107 Å². The van der Waals surface area contributed by atoms with Crippen molar-refractivity contribution in [1.29, 1.82) is 0 Å². The van der Waals surface area contributed by atoms with Crippen LogP contribution in [0.4, 0.5) is 0 Å². The first-order chi connectivity index (χ1) is 7.06. The van der Waals surface area contributed by atoms with Crippen LogP contribution < -0.4 is 5.73 Å². The van der Waals surface area contributed by atoms with E-state index in [1.54, 1.807) is 4.90 Å². The van der Waals surface area contributed by atoms with Gasteiger partial charge in [0.05, 0.1) is 12.5 Å². The minimum absolute atomic E-state index is 0. The van der Waals surface area contributed by atoms with Gasteiger partial charge in [0.2, 0.25) is 5.91 Å². The molecule has 0 aromatic rings. The maximum atomic E-state index is 11.5. The summed E-state index contributed by atoms with van der Waals surface area (Å²) < 4.78 is 0. The fourth-order valence-electron chi connectivity index (χ4n) is 1.67. The minimum Gasteiger partial charge on any atom is -0.668 e. The molecule has 1 saturated heterocycles. The van der Waals surface area contributed by atoms with Crippen LogP contribution in [0.25, 0.3) is 5.73 Å². The number of nitrogens with one attached hydrogen (secondary N) is 1. The van der Waals surface area contributed by atoms with Gasteiger partial charge in [-0.15, -0.1) is 0 Å². The van der Waals surface area contributed by atoms with Gasteiger partial charge in [-0.25, -0.2) is 0 Å². The van der Waals surface area contributed by atoms with Crippen LogP contribution in [0, 0.1) is 5.92 Å². The molecule has 89 valence electrons. The van der Waals surface area contributed by atoms with E-state index in [1.807, 2.05) is 0 Å². The van der Waals surface area contributed by atoms with Gasteiger partial charge in [-0.3, -0.25) is 4.79 Å². The van der Waals surface area contributed by atoms with Crippen LogP contribution in [0.2, 0.25) is 0 Å². The van der Waals surface area contributed by atoms with Crippen molar-refractivity contribution >= 4 is 11.8 Å². The summed E-state index contributed by atoms with van der Waals surface area (Å²) in [7, 11) is 0. The number of carbonyl (C=O) groups excluding carboxylic acids is 2. The molecule has 1 rings (SSSR count). The van der Waals surface area contributed by atoms with Crippen molar-refractivity contribution in [3.63, 3.8) is 0 Å². The normalized spacial score (nSPS) is 18.8. The van der Waals surface area contributed by atoms with Crippen molar-refractivity contribution in [2.75, 3.05) is 19.7 Å². The predicted octanol–water partition coefficient (Wildman–Crippen LogP) is -0.879. The van der Waals surface area contributed by atoms with E-state index < -0.39 is 11.9 Å². The number of nitrogens with zero attached hydrogens (tertiary/aromatic N) is 1. The number of piperidine rings is 1. The molecule has 0 aromatic carbocycles. The average molecular weight is 303 g/mol. The van der Waals surface area contributed by atoms with E-state index in [0.29, 0.717) is 25.9 Å². The Labute approximate surface area is 120 Å². The second-order valence-corrected chi connectivity index (χ2v) is 3.75. The molecular formula is C9H16N3O3Y-. The van der Waals surface area contributed by atoms with Gasteiger partial charge in [-0.1, -0.05) is 0 Å². The van der Waals surface area contributed by atoms with Gasteiger partial charge >= 0.3 is 0 Å². The molecule has 1 radical (unpaired) electrons. The van der Waals surface area contributed by atoms with Crippen molar-refractivity contribution in [1.82, 2.24) is 4.90 Å². The first-order valence-corrected chi connectivity index (χ1v) is 4.97. The van der Waals surface area contributed by atoms with Gasteiger partial charge < -0.3 is 26.3 Å². The second-order valence-electron chi connectivity index (χ2n) is 3.75. The molecule has 0 saturated carbocycles. The Balaban J connectivity index is 0.00000225. The SMILES string of the molecule is [NH-]C(=O)C1CCN(C(=O)C(N)CO)CC1.[Y]. The van der Waals surface area contributed by atoms with E-state index in [1.165, 1.54) is 0 Å². The Bertz CT molecular complexity index is 254. The van der Waals surface area contributed by atoms with Crippen LogP contribution in [-0.2, 0) is 42.3 Å². The van der Waals surface area contributed by atoms with E-state index in [9.17, 15) is 9.59 Å². The zero-order chi connectivity index (χ0) is 11.4. The number of carbonyl (C=O) groups is 2. The number of aliphatic hydroxyl groups is 1. The van der Waals surface area contributed by atoms with E-state index in [0.717, 1.165) is 0 Å². The third kappa shape index (κ3) is 4.09. The number of aliphatic hydroxyl groups excluding tert-OH is 1. The molecule has 2 amide bonds. The summed E-state index contributed by atoms with van der Waals surface area (Å²) in [5.74, 6) is -1.10. The van der Waals surface area contributed by atoms with Crippen LogP contribution >= 0.6 is 0 Å². The van der Waals surface area contributed by atoms with Crippen molar-refractivity contribution in [2.24, 2.45) is 11.7 Å². The molecule has 1 aliphatic heterocycles. The summed E-state index contributed by atoms with van der Waals surface area (Å²) >= 11 is 0. The number of rotatable bonds is 3. The largest absolute Gasteiger partial charge is 0.668 e. The summed E-state index contributed by atoms with van der Waals surface area (Å²) in [5.41, 5.74) is 12.4. The van der Waals surface area contributed by atoms with Gasteiger partial charge in [-0.05, 0) is 12.8 Å². The zero-order valence-electron chi connectivity index (χ0n) is 9.06. The van der Waals surface area contributed by atoms with Gasteiger partial charge in [0, 0.05) is 51.7 Å². The average Bonchev–Trinajstić information content (AvgIpc) is 2.27. The number of likely N-dealkylation sites (tertiary alicyclic amines) is 1. The molecule has 16 heavy (non-hydrogen) atoms. The molecular weight excluding hydrogens is 287 g/mol. The Kier molecular flexibility index (Phi) is 7.30. The first-order valence-electron chi connectivity index (χ1n) is 4.97. The van der Waals surface area contributed by atoms with Crippen LogP contribution in [-0.4, -0.2) is 47.6 Å². The van der Waals surface area contributed by atoms with Gasteiger partial charge in [0.15, 0.2) is 0 Å². The van der Waals surface area contributed by atoms with E-state index in [2.05, 4.69) is 0 Å². The van der Waals surface area contributed by atoms with E-state index in [4.69, 9.17) is 16.6 Å². The zero-order valence-corrected chi connectivity index (χ0v) is 11.9. The molecule has 1 unspecified atom stereocenters. The van der Waals surface area contributed by atoms with Crippen LogP contribution in [0.1, 0.15) is 12.8 Å². The van der Waals surface area contributed by atoms with Crippen molar-refractivity contribution in [3.05, 3.63) is 5.73 Å². The fraction of sp³-hybridized carbons (Fsp3) is 0.778. The quantitative estimate of drug-likeness (QED) is 0.706. The minimum atomic E-state index is -0.867. The standard InChI is InChI=1S/C9H17N3O3.Y/c10-7(5-13)9(15)12-3-1-6(2-4-12)8(11)14;/h6-7,13H,1-5,10H2,(H2,11,14);/p-1. The van der Waals surface area contributed by atoms with E-state index in [-0.39, 0.29) is 51.1 Å². The summed E-state index contributed by atoms with van der Waals surface area (Å²) in [5, 5.41) is 8.72. The summed E-state index contributed by atoms with van der Waals surface area (Å²) in [6, 6.07) is -0.867. The summed E-state index contributed by atoms with van der Waals surface area (Å²) in [6.45, 7) is 0.528. The monoisotopic (exact) mass is 303 g/mol. The Hall–Kier alpha value is -0.0361. The number of hydrogen-bond acceptors (Lipinski definition) is 4. The molecule has 0 aromatic heterocycles.